The summed E-state index contributed by atoms with van der Waals surface area (Å²) < 4.78 is 38.9. The maximum Gasteiger partial charge on any atom is 0.259 e. The van der Waals surface area contributed by atoms with E-state index in [4.69, 9.17) is 9.47 Å². The van der Waals surface area contributed by atoms with Crippen LogP contribution in [0.25, 0.3) is 10.8 Å². The maximum absolute atomic E-state index is 14.0. The molecule has 14 heteroatoms. The number of ether oxygens (including phenoxy) is 2. The summed E-state index contributed by atoms with van der Waals surface area (Å²) >= 11 is 0. The van der Waals surface area contributed by atoms with Gasteiger partial charge in [-0.1, -0.05) is 19.6 Å². The minimum atomic E-state index is -3.90. The molecule has 0 radical (unpaired) electrons. The molecule has 0 spiro atoms. The number of hydrogen-bond acceptors (Lipinski definition) is 9. The van der Waals surface area contributed by atoms with E-state index in [9.17, 15) is 27.6 Å². The number of carbonyl (C=O) groups excluding carboxylic acids is 4. The first-order chi connectivity index (χ1) is 21.4. The van der Waals surface area contributed by atoms with Gasteiger partial charge >= 0.3 is 0 Å². The van der Waals surface area contributed by atoms with Crippen LogP contribution in [0.15, 0.2) is 55.8 Å². The second kappa shape index (κ2) is 13.7. The van der Waals surface area contributed by atoms with Crippen LogP contribution >= 0.6 is 0 Å². The minimum Gasteiger partial charge on any atom is -0.497 e. The molecule has 242 valence electrons. The van der Waals surface area contributed by atoms with Crippen molar-refractivity contribution in [2.24, 2.45) is 0 Å². The molecular weight excluding hydrogens is 602 g/mol. The Hall–Kier alpha value is -4.46. The van der Waals surface area contributed by atoms with Crippen molar-refractivity contribution >= 4 is 44.4 Å². The first-order valence-corrected chi connectivity index (χ1v) is 16.2. The number of nitrogens with zero attached hydrogens (tertiary/aromatic N) is 2. The highest BCUT2D eigenvalue weighted by Gasteiger charge is 2.47. The monoisotopic (exact) mass is 641 g/mol. The van der Waals surface area contributed by atoms with Crippen molar-refractivity contribution in [1.29, 1.82) is 0 Å². The zero-order valence-corrected chi connectivity index (χ0v) is 26.4. The number of carbonyl (C=O) groups is 4. The van der Waals surface area contributed by atoms with E-state index >= 15 is 0 Å². The smallest absolute Gasteiger partial charge is 0.259 e. The summed E-state index contributed by atoms with van der Waals surface area (Å²) in [5.41, 5.74) is -1.65. The summed E-state index contributed by atoms with van der Waals surface area (Å²) in [7, 11) is -2.34. The van der Waals surface area contributed by atoms with Crippen LogP contribution in [0.5, 0.6) is 11.6 Å². The average Bonchev–Trinajstić information content (AvgIpc) is 3.81. The lowest BCUT2D eigenvalue weighted by Crippen LogP contribution is -2.62. The summed E-state index contributed by atoms with van der Waals surface area (Å²) in [5.74, 6) is -1.74. The van der Waals surface area contributed by atoms with Gasteiger partial charge in [0, 0.05) is 18.0 Å². The third-order valence-electron chi connectivity index (χ3n) is 8.07. The number of aromatic nitrogens is 1. The molecular formula is C31H39N5O8S. The van der Waals surface area contributed by atoms with Crippen molar-refractivity contribution in [3.05, 3.63) is 55.8 Å². The molecule has 1 aliphatic carbocycles. The number of likely N-dealkylation sites (tertiary alicyclic amines) is 1. The van der Waals surface area contributed by atoms with Crippen LogP contribution in [0.2, 0.25) is 0 Å². The quantitative estimate of drug-likeness (QED) is 0.205. The number of hydrogen-bond donors (Lipinski definition) is 3. The Morgan fingerprint density at radius 3 is 2.56 bits per heavy atom. The summed E-state index contributed by atoms with van der Waals surface area (Å²) in [5, 5.41) is 6.11. The highest BCUT2D eigenvalue weighted by molar-refractivity contribution is 7.91. The third-order valence-corrected chi connectivity index (χ3v) is 9.89. The number of methoxy groups -OCH3 is 1. The van der Waals surface area contributed by atoms with E-state index in [1.165, 1.54) is 17.9 Å². The van der Waals surface area contributed by atoms with Crippen LogP contribution in [-0.2, 0) is 29.2 Å². The number of amides is 4. The Morgan fingerprint density at radius 1 is 1.20 bits per heavy atom. The molecule has 4 amide bonds. The maximum atomic E-state index is 14.0. The average molecular weight is 642 g/mol. The van der Waals surface area contributed by atoms with E-state index in [0.717, 1.165) is 11.5 Å². The van der Waals surface area contributed by atoms with Crippen molar-refractivity contribution in [2.45, 2.75) is 74.9 Å². The van der Waals surface area contributed by atoms with Gasteiger partial charge in [-0.2, -0.15) is 0 Å². The van der Waals surface area contributed by atoms with Crippen LogP contribution in [0.3, 0.4) is 0 Å². The molecule has 1 saturated heterocycles. The van der Waals surface area contributed by atoms with Crippen LogP contribution in [0.1, 0.15) is 46.0 Å². The largest absolute Gasteiger partial charge is 0.497 e. The van der Waals surface area contributed by atoms with Gasteiger partial charge < -0.3 is 25.0 Å². The SMILES string of the molecule is C=CCC(CC)(NC(=O)C1CC(Oc2nccc3cc(OC)ccc23)CN1C(=O)C(C)NC(=O)C=C)C(=O)NS(=O)(=O)C1CC1. The molecule has 13 nitrogen and oxygen atoms in total. The van der Waals surface area contributed by atoms with E-state index in [1.807, 2.05) is 6.07 Å². The van der Waals surface area contributed by atoms with E-state index in [-0.39, 0.29) is 25.8 Å². The number of fused-ring (bicyclic) bond motifs is 1. The molecule has 1 aromatic carbocycles. The zero-order chi connectivity index (χ0) is 32.9. The minimum absolute atomic E-state index is 0.0255. The van der Waals surface area contributed by atoms with Gasteiger partial charge in [-0.25, -0.2) is 13.4 Å². The lowest BCUT2D eigenvalue weighted by atomic mass is 9.90. The molecule has 4 atom stereocenters. The lowest BCUT2D eigenvalue weighted by Gasteiger charge is -2.34. The van der Waals surface area contributed by atoms with Gasteiger partial charge in [-0.15, -0.1) is 6.58 Å². The second-order valence-corrected chi connectivity index (χ2v) is 13.2. The van der Waals surface area contributed by atoms with E-state index in [2.05, 4.69) is 33.5 Å². The van der Waals surface area contributed by atoms with E-state index in [1.54, 1.807) is 38.4 Å². The van der Waals surface area contributed by atoms with Crippen molar-refractivity contribution in [3.63, 3.8) is 0 Å². The van der Waals surface area contributed by atoms with Gasteiger partial charge in [-0.3, -0.25) is 23.9 Å². The molecule has 1 aromatic heterocycles. The normalized spacial score (nSPS) is 19.9. The Bertz CT molecular complexity index is 1610. The van der Waals surface area contributed by atoms with Crippen LogP contribution in [-0.4, -0.2) is 84.6 Å². The Kier molecular flexibility index (Phi) is 10.2. The molecule has 4 unspecified atom stereocenters. The number of benzene rings is 1. The van der Waals surface area contributed by atoms with Gasteiger partial charge in [-0.05, 0) is 68.3 Å². The summed E-state index contributed by atoms with van der Waals surface area (Å²) in [4.78, 5) is 58.6. The fraction of sp³-hybridized carbons (Fsp3) is 0.452. The molecule has 1 aliphatic heterocycles. The second-order valence-electron chi connectivity index (χ2n) is 11.2. The van der Waals surface area contributed by atoms with Gasteiger partial charge in [0.25, 0.3) is 5.91 Å². The fourth-order valence-electron chi connectivity index (χ4n) is 5.31. The number of nitrogens with one attached hydrogen (secondary N) is 3. The Labute approximate surface area is 262 Å². The summed E-state index contributed by atoms with van der Waals surface area (Å²) in [6, 6.07) is 5.05. The van der Waals surface area contributed by atoms with Gasteiger partial charge in [0.05, 0.1) is 18.9 Å². The molecule has 1 saturated carbocycles. The molecule has 45 heavy (non-hydrogen) atoms. The van der Waals surface area contributed by atoms with Crippen molar-refractivity contribution in [1.82, 2.24) is 25.2 Å². The highest BCUT2D eigenvalue weighted by Crippen LogP contribution is 2.31. The van der Waals surface area contributed by atoms with Crippen LogP contribution < -0.4 is 24.8 Å². The van der Waals surface area contributed by atoms with Crippen LogP contribution in [0.4, 0.5) is 0 Å². The summed E-state index contributed by atoms with van der Waals surface area (Å²) in [6.07, 6.45) is 4.27. The van der Waals surface area contributed by atoms with Crippen molar-refractivity contribution in [2.75, 3.05) is 13.7 Å². The molecule has 2 fully saturated rings. The molecule has 3 N–H and O–H groups in total. The van der Waals surface area contributed by atoms with Crippen molar-refractivity contribution < 1.29 is 37.1 Å². The fourth-order valence-corrected chi connectivity index (χ4v) is 6.69. The van der Waals surface area contributed by atoms with E-state index < -0.39 is 62.6 Å². The Balaban J connectivity index is 1.62. The lowest BCUT2D eigenvalue weighted by molar-refractivity contribution is -0.142. The van der Waals surface area contributed by atoms with Gasteiger partial charge in [0.1, 0.15) is 29.5 Å². The standard InChI is InChI=1S/C31H39N5O8S/c1-6-14-31(8-3,30(40)35-45(41,42)23-10-11-23)34-27(38)25-17-22(18-36(25)29(39)19(4)33-26(37)7-2)44-28-24-12-9-21(43-5)16-20(24)13-15-32-28/h6-7,9,12-13,15-16,19,22-23,25H,1-2,8,10-11,14,17-18H2,3-5H3,(H,33,37)(H,34,38)(H,35,40). The Morgan fingerprint density at radius 2 is 1.93 bits per heavy atom. The first-order valence-electron chi connectivity index (χ1n) is 14.7. The molecule has 0 bridgehead atoms. The van der Waals surface area contributed by atoms with E-state index in [0.29, 0.717) is 29.9 Å². The van der Waals surface area contributed by atoms with Crippen molar-refractivity contribution in [3.8, 4) is 11.6 Å². The number of pyridine rings is 1. The first kappa shape index (κ1) is 33.4. The van der Waals surface area contributed by atoms with Gasteiger partial charge in [0.2, 0.25) is 33.6 Å². The molecule has 2 aliphatic rings. The predicted octanol–water partition coefficient (Wildman–Crippen LogP) is 1.73. The van der Waals surface area contributed by atoms with Crippen LogP contribution in [0, 0.1) is 0 Å². The number of sulfonamides is 1. The van der Waals surface area contributed by atoms with Gasteiger partial charge in [0.15, 0.2) is 0 Å². The molecule has 2 aromatic rings. The molecule has 4 rings (SSSR count). The zero-order valence-electron chi connectivity index (χ0n) is 25.6. The summed E-state index contributed by atoms with van der Waals surface area (Å²) in [6.45, 7) is 10.2. The topological polar surface area (TPSA) is 173 Å². The molecule has 2 heterocycles. The predicted molar refractivity (Wildman–Crippen MR) is 167 cm³/mol. The third kappa shape index (κ3) is 7.44. The highest BCUT2D eigenvalue weighted by atomic mass is 32.2. The number of rotatable bonds is 14.